The first-order valence-corrected chi connectivity index (χ1v) is 11.9. The number of aromatic nitrogens is 3. The van der Waals surface area contributed by atoms with Crippen LogP contribution in [0.5, 0.6) is 11.5 Å². The van der Waals surface area contributed by atoms with E-state index in [0.717, 1.165) is 28.3 Å². The van der Waals surface area contributed by atoms with Gasteiger partial charge in [-0.1, -0.05) is 47.7 Å². The maximum Gasteiger partial charge on any atom is 0.250 e. The number of carbonyl (C=O) groups excluding carboxylic acids is 1. The van der Waals surface area contributed by atoms with Crippen LogP contribution >= 0.6 is 11.8 Å². The molecular weight excluding hydrogens is 462 g/mol. The Balaban J connectivity index is 1.40. The summed E-state index contributed by atoms with van der Waals surface area (Å²) in [5.74, 6) is 2.02. The molecule has 1 amide bonds. The first kappa shape index (κ1) is 24.0. The number of methoxy groups -OCH3 is 1. The number of rotatable bonds is 10. The maximum absolute atomic E-state index is 12.4. The van der Waals surface area contributed by atoms with Crippen molar-refractivity contribution >= 4 is 23.9 Å². The molecule has 1 heterocycles. The minimum absolute atomic E-state index is 0.129. The van der Waals surface area contributed by atoms with Crippen molar-refractivity contribution in [3.63, 3.8) is 0 Å². The van der Waals surface area contributed by atoms with Crippen LogP contribution in [0.1, 0.15) is 17.0 Å². The van der Waals surface area contributed by atoms with E-state index in [9.17, 15) is 4.79 Å². The zero-order chi connectivity index (χ0) is 24.5. The summed E-state index contributed by atoms with van der Waals surface area (Å²) < 4.78 is 12.9. The van der Waals surface area contributed by atoms with Gasteiger partial charge in [-0.15, -0.1) is 10.2 Å². The lowest BCUT2D eigenvalue weighted by Crippen LogP contribution is -2.20. The summed E-state index contributed by atoms with van der Waals surface area (Å²) in [6.07, 6.45) is 1.58. The van der Waals surface area contributed by atoms with Crippen LogP contribution in [-0.4, -0.2) is 39.7 Å². The third kappa shape index (κ3) is 6.70. The van der Waals surface area contributed by atoms with Crippen LogP contribution < -0.4 is 14.9 Å². The highest BCUT2D eigenvalue weighted by Gasteiger charge is 2.16. The predicted molar refractivity (Wildman–Crippen MR) is 136 cm³/mol. The number of benzene rings is 3. The summed E-state index contributed by atoms with van der Waals surface area (Å²) in [4.78, 5) is 12.4. The molecular formula is C26H25N5O3S. The predicted octanol–water partition coefficient (Wildman–Crippen LogP) is 4.41. The Kier molecular flexibility index (Phi) is 8.13. The molecule has 3 aromatic carbocycles. The van der Waals surface area contributed by atoms with Gasteiger partial charge < -0.3 is 9.47 Å². The zero-order valence-electron chi connectivity index (χ0n) is 19.4. The molecule has 4 rings (SSSR count). The maximum atomic E-state index is 12.4. The minimum atomic E-state index is -0.250. The van der Waals surface area contributed by atoms with Crippen LogP contribution in [0.3, 0.4) is 0 Å². The Morgan fingerprint density at radius 1 is 1.00 bits per heavy atom. The molecule has 0 aliphatic rings. The smallest absolute Gasteiger partial charge is 0.250 e. The van der Waals surface area contributed by atoms with Crippen molar-refractivity contribution in [3.05, 3.63) is 95.8 Å². The van der Waals surface area contributed by atoms with E-state index < -0.39 is 0 Å². The third-order valence-electron chi connectivity index (χ3n) is 4.95. The van der Waals surface area contributed by atoms with Crippen LogP contribution in [0, 0.1) is 6.92 Å². The first-order valence-electron chi connectivity index (χ1n) is 10.9. The van der Waals surface area contributed by atoms with Crippen molar-refractivity contribution in [2.24, 2.45) is 5.10 Å². The second-order valence-electron chi connectivity index (χ2n) is 7.53. The van der Waals surface area contributed by atoms with Gasteiger partial charge in [0.05, 0.1) is 19.1 Å². The standard InChI is InChI=1S/C26H25N5O3S/c1-19-8-12-23(13-9-19)34-17-24-28-30-26(31(24)21-6-4-3-5-7-21)35-18-25(32)29-27-16-20-10-14-22(33-2)15-11-20/h3-16H,17-18H2,1-2H3,(H,29,32)/b27-16-. The molecule has 9 heteroatoms. The van der Waals surface area contributed by atoms with Crippen molar-refractivity contribution in [2.45, 2.75) is 18.7 Å². The minimum Gasteiger partial charge on any atom is -0.497 e. The van der Waals surface area contributed by atoms with Gasteiger partial charge in [0.25, 0.3) is 5.91 Å². The first-order chi connectivity index (χ1) is 17.1. The lowest BCUT2D eigenvalue weighted by molar-refractivity contribution is -0.118. The fraction of sp³-hybridized carbons (Fsp3) is 0.154. The number of aryl methyl sites for hydroxylation is 1. The van der Waals surface area contributed by atoms with Crippen molar-refractivity contribution in [1.29, 1.82) is 0 Å². The van der Waals surface area contributed by atoms with E-state index in [-0.39, 0.29) is 18.3 Å². The Hall–Kier alpha value is -4.11. The molecule has 0 radical (unpaired) electrons. The monoisotopic (exact) mass is 487 g/mol. The summed E-state index contributed by atoms with van der Waals surface area (Å²) in [6, 6.07) is 24.9. The van der Waals surface area contributed by atoms with Gasteiger partial charge in [0, 0.05) is 5.69 Å². The fourth-order valence-electron chi connectivity index (χ4n) is 3.14. The van der Waals surface area contributed by atoms with E-state index in [4.69, 9.17) is 9.47 Å². The van der Waals surface area contributed by atoms with E-state index >= 15 is 0 Å². The second-order valence-corrected chi connectivity index (χ2v) is 8.47. The van der Waals surface area contributed by atoms with Gasteiger partial charge in [-0.25, -0.2) is 5.43 Å². The molecule has 0 spiro atoms. The van der Waals surface area contributed by atoms with Gasteiger partial charge in [-0.2, -0.15) is 5.10 Å². The van der Waals surface area contributed by atoms with E-state index in [0.29, 0.717) is 11.0 Å². The van der Waals surface area contributed by atoms with Gasteiger partial charge in [0.15, 0.2) is 11.0 Å². The largest absolute Gasteiger partial charge is 0.497 e. The summed E-state index contributed by atoms with van der Waals surface area (Å²) in [6.45, 7) is 2.27. The number of nitrogens with one attached hydrogen (secondary N) is 1. The van der Waals surface area contributed by atoms with Crippen molar-refractivity contribution < 1.29 is 14.3 Å². The summed E-state index contributed by atoms with van der Waals surface area (Å²) >= 11 is 1.28. The molecule has 35 heavy (non-hydrogen) atoms. The lowest BCUT2D eigenvalue weighted by atomic mass is 10.2. The van der Waals surface area contributed by atoms with Crippen molar-refractivity contribution in [3.8, 4) is 17.2 Å². The number of hydrogen-bond acceptors (Lipinski definition) is 7. The van der Waals surface area contributed by atoms with Gasteiger partial charge >= 0.3 is 0 Å². The second kappa shape index (κ2) is 11.8. The van der Waals surface area contributed by atoms with Gasteiger partial charge in [-0.3, -0.25) is 9.36 Å². The molecule has 178 valence electrons. The Morgan fingerprint density at radius 3 is 2.43 bits per heavy atom. The summed E-state index contributed by atoms with van der Waals surface area (Å²) in [7, 11) is 1.61. The third-order valence-corrected chi connectivity index (χ3v) is 5.88. The van der Waals surface area contributed by atoms with E-state index in [1.807, 2.05) is 90.4 Å². The number of nitrogens with zero attached hydrogens (tertiary/aromatic N) is 4. The number of ether oxygens (including phenoxy) is 2. The molecule has 0 aliphatic heterocycles. The Bertz CT molecular complexity index is 1270. The molecule has 0 saturated heterocycles. The quantitative estimate of drug-likeness (QED) is 0.203. The highest BCUT2D eigenvalue weighted by molar-refractivity contribution is 7.99. The SMILES string of the molecule is COc1ccc(/C=N\NC(=O)CSc2nnc(COc3ccc(C)cc3)n2-c2ccccc2)cc1. The summed E-state index contributed by atoms with van der Waals surface area (Å²) in [5, 5.41) is 13.2. The van der Waals surface area contributed by atoms with E-state index in [2.05, 4.69) is 20.7 Å². The highest BCUT2D eigenvalue weighted by Crippen LogP contribution is 2.23. The molecule has 0 atom stereocenters. The van der Waals surface area contributed by atoms with Crippen LogP contribution in [0.4, 0.5) is 0 Å². The van der Waals surface area contributed by atoms with Gasteiger partial charge in [0.1, 0.15) is 18.1 Å². The van der Waals surface area contributed by atoms with Crippen molar-refractivity contribution in [1.82, 2.24) is 20.2 Å². The number of para-hydroxylation sites is 1. The molecule has 0 aliphatic carbocycles. The number of thioether (sulfide) groups is 1. The molecule has 0 saturated carbocycles. The molecule has 8 nitrogen and oxygen atoms in total. The molecule has 1 N–H and O–H groups in total. The Labute approximate surface area is 208 Å². The Morgan fingerprint density at radius 2 is 1.71 bits per heavy atom. The number of hydrazone groups is 1. The van der Waals surface area contributed by atoms with Crippen LogP contribution in [-0.2, 0) is 11.4 Å². The summed E-state index contributed by atoms with van der Waals surface area (Å²) in [5.41, 5.74) is 5.44. The number of hydrogen-bond donors (Lipinski definition) is 1. The molecule has 1 aromatic heterocycles. The topological polar surface area (TPSA) is 90.6 Å². The number of amides is 1. The zero-order valence-corrected chi connectivity index (χ0v) is 20.2. The highest BCUT2D eigenvalue weighted by atomic mass is 32.2. The van der Waals surface area contributed by atoms with Crippen LogP contribution in [0.25, 0.3) is 5.69 Å². The molecule has 0 fully saturated rings. The lowest BCUT2D eigenvalue weighted by Gasteiger charge is -2.11. The fourth-order valence-corrected chi connectivity index (χ4v) is 3.90. The van der Waals surface area contributed by atoms with Crippen LogP contribution in [0.15, 0.2) is 89.1 Å². The average Bonchev–Trinajstić information content (AvgIpc) is 3.31. The van der Waals surface area contributed by atoms with E-state index in [1.54, 1.807) is 13.3 Å². The van der Waals surface area contributed by atoms with Crippen molar-refractivity contribution in [2.75, 3.05) is 12.9 Å². The van der Waals surface area contributed by atoms with Gasteiger partial charge in [0.2, 0.25) is 0 Å². The van der Waals surface area contributed by atoms with Crippen LogP contribution in [0.2, 0.25) is 0 Å². The molecule has 4 aromatic rings. The normalized spacial score (nSPS) is 10.9. The van der Waals surface area contributed by atoms with Gasteiger partial charge in [-0.05, 0) is 61.0 Å². The van der Waals surface area contributed by atoms with E-state index in [1.165, 1.54) is 11.8 Å². The number of carbonyl (C=O) groups is 1. The molecule has 0 bridgehead atoms. The average molecular weight is 488 g/mol. The molecule has 0 unspecified atom stereocenters.